The van der Waals surface area contributed by atoms with E-state index < -0.39 is 0 Å². The van der Waals surface area contributed by atoms with Crippen molar-refractivity contribution in [1.29, 1.82) is 0 Å². The highest BCUT2D eigenvalue weighted by Gasteiger charge is 2.55. The molecule has 0 aromatic rings. The molecule has 4 aliphatic carbocycles. The van der Waals surface area contributed by atoms with Gasteiger partial charge in [-0.05, 0) is 68.3 Å². The summed E-state index contributed by atoms with van der Waals surface area (Å²) in [7, 11) is 0. The molecule has 0 aliphatic heterocycles. The fourth-order valence-electron chi connectivity index (χ4n) is 6.54. The van der Waals surface area contributed by atoms with E-state index in [2.05, 4.69) is 19.9 Å². The van der Waals surface area contributed by atoms with Crippen molar-refractivity contribution >= 4 is 5.78 Å². The van der Waals surface area contributed by atoms with Gasteiger partial charge in [-0.1, -0.05) is 37.5 Å². The molecule has 1 unspecified atom stereocenters. The largest absolute Gasteiger partial charge is 0.392 e. The van der Waals surface area contributed by atoms with Crippen molar-refractivity contribution in [2.75, 3.05) is 0 Å². The Bertz CT molecular complexity index is 572. The number of carbonyl (C=O) groups is 1. The third-order valence-electron chi connectivity index (χ3n) is 7.72. The van der Waals surface area contributed by atoms with Crippen LogP contribution in [0.3, 0.4) is 0 Å². The van der Waals surface area contributed by atoms with Crippen LogP contribution in [-0.4, -0.2) is 17.0 Å². The second-order valence-corrected chi connectivity index (χ2v) is 8.35. The van der Waals surface area contributed by atoms with Crippen LogP contribution in [0.15, 0.2) is 23.3 Å². The molecule has 2 fully saturated rings. The molecule has 0 radical (unpaired) electrons. The smallest absolute Gasteiger partial charge is 0.155 e. The lowest BCUT2D eigenvalue weighted by atomic mass is 9.50. The van der Waals surface area contributed by atoms with Crippen LogP contribution in [0.4, 0.5) is 0 Å². The van der Waals surface area contributed by atoms with Gasteiger partial charge >= 0.3 is 0 Å². The maximum atomic E-state index is 11.9. The second-order valence-electron chi connectivity index (χ2n) is 8.35. The lowest BCUT2D eigenvalue weighted by Crippen LogP contribution is -2.48. The summed E-state index contributed by atoms with van der Waals surface area (Å²) in [6.45, 7) is 4.57. The number of ketones is 1. The van der Waals surface area contributed by atoms with Gasteiger partial charge in [-0.15, -0.1) is 0 Å². The molecule has 1 N–H and O–H groups in total. The number of aliphatic hydroxyl groups excluding tert-OH is 1. The van der Waals surface area contributed by atoms with E-state index in [0.717, 1.165) is 38.5 Å². The molecule has 0 amide bonds. The molecule has 23 heavy (non-hydrogen) atoms. The molecular formula is C21H30O2. The monoisotopic (exact) mass is 314 g/mol. The summed E-state index contributed by atoms with van der Waals surface area (Å²) in [5.41, 5.74) is 3.13. The summed E-state index contributed by atoms with van der Waals surface area (Å²) in [5, 5.41) is 10.7. The van der Waals surface area contributed by atoms with Gasteiger partial charge < -0.3 is 5.11 Å². The molecule has 126 valence electrons. The minimum Gasteiger partial charge on any atom is -0.392 e. The van der Waals surface area contributed by atoms with Crippen molar-refractivity contribution < 1.29 is 9.90 Å². The standard InChI is InChI=1S/C21H30O2/c1-3-13-11-14-12-15(22)5-6-16(14)17-9-10-21(4-2)18(20(13)17)7-8-19(21)23/h7,12-13,16-17,19-20,23H,3-6,8-11H2,1-2H3/t13-,16+,17-,19+,20-,21?/m1/s1. The number of aliphatic hydroxyl groups is 1. The van der Waals surface area contributed by atoms with E-state index >= 15 is 0 Å². The first-order chi connectivity index (χ1) is 11.1. The molecule has 0 aromatic carbocycles. The van der Waals surface area contributed by atoms with Gasteiger partial charge in [0.1, 0.15) is 0 Å². The van der Waals surface area contributed by atoms with E-state index in [-0.39, 0.29) is 11.5 Å². The van der Waals surface area contributed by atoms with Gasteiger partial charge in [0.2, 0.25) is 0 Å². The van der Waals surface area contributed by atoms with Crippen LogP contribution in [-0.2, 0) is 4.79 Å². The highest BCUT2D eigenvalue weighted by Crippen LogP contribution is 2.62. The third-order valence-corrected chi connectivity index (χ3v) is 7.72. The lowest BCUT2D eigenvalue weighted by Gasteiger charge is -2.55. The third kappa shape index (κ3) is 2.13. The predicted octanol–water partition coefficient (Wildman–Crippen LogP) is 4.44. The molecule has 6 atom stereocenters. The number of hydrogen-bond donors (Lipinski definition) is 1. The van der Waals surface area contributed by atoms with Crippen LogP contribution in [0.5, 0.6) is 0 Å². The number of hydrogen-bond acceptors (Lipinski definition) is 2. The molecule has 0 saturated heterocycles. The second kappa shape index (κ2) is 5.58. The van der Waals surface area contributed by atoms with Gasteiger partial charge in [-0.2, -0.15) is 0 Å². The van der Waals surface area contributed by atoms with Crippen LogP contribution < -0.4 is 0 Å². The van der Waals surface area contributed by atoms with Crippen molar-refractivity contribution in [2.45, 2.75) is 71.3 Å². The minimum absolute atomic E-state index is 0.0697. The van der Waals surface area contributed by atoms with Crippen LogP contribution in [0.25, 0.3) is 0 Å². The van der Waals surface area contributed by atoms with E-state index in [4.69, 9.17) is 0 Å². The number of rotatable bonds is 2. The molecule has 4 rings (SSSR count). The number of fused-ring (bicyclic) bond motifs is 5. The zero-order valence-corrected chi connectivity index (χ0v) is 14.6. The molecule has 2 nitrogen and oxygen atoms in total. The summed E-state index contributed by atoms with van der Waals surface area (Å²) in [6, 6.07) is 0. The fourth-order valence-corrected chi connectivity index (χ4v) is 6.54. The Morgan fingerprint density at radius 3 is 2.87 bits per heavy atom. The Kier molecular flexibility index (Phi) is 3.79. The summed E-state index contributed by atoms with van der Waals surface area (Å²) in [5.74, 6) is 3.01. The van der Waals surface area contributed by atoms with Crippen molar-refractivity contribution in [3.63, 3.8) is 0 Å². The van der Waals surface area contributed by atoms with Crippen molar-refractivity contribution in [3.8, 4) is 0 Å². The van der Waals surface area contributed by atoms with Crippen LogP contribution in [0.2, 0.25) is 0 Å². The fraction of sp³-hybridized carbons (Fsp3) is 0.762. The van der Waals surface area contributed by atoms with E-state index in [1.54, 1.807) is 5.57 Å². The van der Waals surface area contributed by atoms with Crippen molar-refractivity contribution in [2.24, 2.45) is 29.1 Å². The zero-order chi connectivity index (χ0) is 16.2. The number of carbonyl (C=O) groups excluding carboxylic acids is 1. The predicted molar refractivity (Wildman–Crippen MR) is 91.9 cm³/mol. The van der Waals surface area contributed by atoms with E-state index in [1.165, 1.54) is 18.4 Å². The quantitative estimate of drug-likeness (QED) is 0.765. The van der Waals surface area contributed by atoms with Crippen molar-refractivity contribution in [3.05, 3.63) is 23.3 Å². The Balaban J connectivity index is 1.73. The highest BCUT2D eigenvalue weighted by molar-refractivity contribution is 5.91. The minimum atomic E-state index is -0.161. The maximum absolute atomic E-state index is 11.9. The molecule has 2 saturated carbocycles. The van der Waals surface area contributed by atoms with Crippen LogP contribution >= 0.6 is 0 Å². The first-order valence-electron chi connectivity index (χ1n) is 9.72. The van der Waals surface area contributed by atoms with Gasteiger partial charge in [0, 0.05) is 11.8 Å². The maximum Gasteiger partial charge on any atom is 0.155 e. The molecule has 2 heteroatoms. The molecular weight excluding hydrogens is 284 g/mol. The Labute approximate surface area is 140 Å². The van der Waals surface area contributed by atoms with Gasteiger partial charge in [0.05, 0.1) is 6.10 Å². The lowest BCUT2D eigenvalue weighted by molar-refractivity contribution is -0.115. The van der Waals surface area contributed by atoms with Crippen LogP contribution in [0.1, 0.15) is 65.2 Å². The Morgan fingerprint density at radius 1 is 1.30 bits per heavy atom. The van der Waals surface area contributed by atoms with Crippen molar-refractivity contribution in [1.82, 2.24) is 0 Å². The van der Waals surface area contributed by atoms with Gasteiger partial charge in [0.25, 0.3) is 0 Å². The molecule has 0 spiro atoms. The molecule has 4 aliphatic rings. The van der Waals surface area contributed by atoms with Gasteiger partial charge in [0.15, 0.2) is 5.78 Å². The van der Waals surface area contributed by atoms with Crippen LogP contribution in [0, 0.1) is 29.1 Å². The topological polar surface area (TPSA) is 37.3 Å². The summed E-state index contributed by atoms with van der Waals surface area (Å²) < 4.78 is 0. The van der Waals surface area contributed by atoms with Gasteiger partial charge in [-0.3, -0.25) is 4.79 Å². The van der Waals surface area contributed by atoms with Gasteiger partial charge in [-0.25, -0.2) is 0 Å². The normalized spacial score (nSPS) is 45.7. The zero-order valence-electron chi connectivity index (χ0n) is 14.6. The highest BCUT2D eigenvalue weighted by atomic mass is 16.3. The summed E-state index contributed by atoms with van der Waals surface area (Å²) in [4.78, 5) is 11.9. The summed E-state index contributed by atoms with van der Waals surface area (Å²) >= 11 is 0. The molecule has 0 aromatic heterocycles. The van der Waals surface area contributed by atoms with E-state index in [9.17, 15) is 9.90 Å². The first-order valence-corrected chi connectivity index (χ1v) is 9.72. The average molecular weight is 314 g/mol. The average Bonchev–Trinajstić information content (AvgIpc) is 2.90. The summed E-state index contributed by atoms with van der Waals surface area (Å²) in [6.07, 6.45) is 12.7. The first kappa shape index (κ1) is 15.6. The Hall–Kier alpha value is -0.890. The SMILES string of the molecule is CC[C@@H]1CC2=CC(=O)CC[C@@H]2[C@H]2CCC3(CC)C(=CC[C@@H]3O)[C@H]12. The van der Waals surface area contributed by atoms with E-state index in [1.807, 2.05) is 6.08 Å². The molecule has 0 heterocycles. The molecule has 0 bridgehead atoms. The van der Waals surface area contributed by atoms with E-state index in [0.29, 0.717) is 29.5 Å². The Morgan fingerprint density at radius 2 is 2.13 bits per heavy atom. The number of allylic oxidation sites excluding steroid dienone is 2.